The molecule has 16 heavy (non-hydrogen) atoms. The molecule has 2 unspecified atom stereocenters. The van der Waals surface area contributed by atoms with E-state index in [0.717, 1.165) is 28.7 Å². The van der Waals surface area contributed by atoms with E-state index in [9.17, 15) is 0 Å². The van der Waals surface area contributed by atoms with Crippen molar-refractivity contribution in [2.45, 2.75) is 39.2 Å². The summed E-state index contributed by atoms with van der Waals surface area (Å²) >= 11 is 5.15. The Balaban J connectivity index is 2.17. The van der Waals surface area contributed by atoms with Crippen LogP contribution >= 0.6 is 27.5 Å². The first-order valence-corrected chi connectivity index (χ1v) is 7.69. The second-order valence-corrected chi connectivity index (χ2v) is 6.15. The zero-order valence-corrected chi connectivity index (χ0v) is 12.4. The van der Waals surface area contributed by atoms with Gasteiger partial charge in [-0.1, -0.05) is 36.7 Å². The standard InChI is InChI=1S/C11H18BrN3S/c1-7(2)10-13-11(16-14-10)15-5-4-8(3)9(15)6-12/h7-9H,4-6H2,1-3H3. The van der Waals surface area contributed by atoms with Gasteiger partial charge in [0.25, 0.3) is 0 Å². The smallest absolute Gasteiger partial charge is 0.205 e. The molecular weight excluding hydrogens is 286 g/mol. The third-order valence-corrected chi connectivity index (χ3v) is 4.66. The van der Waals surface area contributed by atoms with Crippen LogP contribution in [0.25, 0.3) is 0 Å². The molecule has 0 N–H and O–H groups in total. The summed E-state index contributed by atoms with van der Waals surface area (Å²) in [5.41, 5.74) is 0. The predicted octanol–water partition coefficient (Wildman–Crippen LogP) is 3.27. The summed E-state index contributed by atoms with van der Waals surface area (Å²) in [7, 11) is 0. The Morgan fingerprint density at radius 3 is 2.88 bits per heavy atom. The lowest BCUT2D eigenvalue weighted by atomic mass is 10.1. The zero-order valence-electron chi connectivity index (χ0n) is 9.98. The van der Waals surface area contributed by atoms with Crippen LogP contribution in [-0.4, -0.2) is 27.3 Å². The lowest BCUT2D eigenvalue weighted by molar-refractivity contribution is 0.554. The number of halogens is 1. The highest BCUT2D eigenvalue weighted by Crippen LogP contribution is 2.32. The number of alkyl halides is 1. The van der Waals surface area contributed by atoms with Crippen molar-refractivity contribution >= 4 is 32.6 Å². The lowest BCUT2D eigenvalue weighted by Gasteiger charge is -2.23. The second kappa shape index (κ2) is 5.00. The van der Waals surface area contributed by atoms with Gasteiger partial charge >= 0.3 is 0 Å². The van der Waals surface area contributed by atoms with Crippen molar-refractivity contribution in [2.24, 2.45) is 5.92 Å². The highest BCUT2D eigenvalue weighted by atomic mass is 79.9. The molecule has 0 aromatic carbocycles. The third-order valence-electron chi connectivity index (χ3n) is 3.23. The highest BCUT2D eigenvalue weighted by Gasteiger charge is 2.32. The van der Waals surface area contributed by atoms with E-state index >= 15 is 0 Å². The Hall–Kier alpha value is -0.160. The van der Waals surface area contributed by atoms with Crippen LogP contribution in [0.4, 0.5) is 5.13 Å². The molecule has 0 saturated carbocycles. The third kappa shape index (κ3) is 2.25. The van der Waals surface area contributed by atoms with Gasteiger partial charge in [0.15, 0.2) is 0 Å². The highest BCUT2D eigenvalue weighted by molar-refractivity contribution is 9.09. The molecule has 0 radical (unpaired) electrons. The summed E-state index contributed by atoms with van der Waals surface area (Å²) in [6.07, 6.45) is 1.26. The molecule has 0 spiro atoms. The van der Waals surface area contributed by atoms with E-state index in [1.54, 1.807) is 11.5 Å². The first kappa shape index (κ1) is 12.3. The molecule has 2 atom stereocenters. The molecule has 3 nitrogen and oxygen atoms in total. The van der Waals surface area contributed by atoms with E-state index in [1.165, 1.54) is 6.42 Å². The van der Waals surface area contributed by atoms with Crippen molar-refractivity contribution in [1.29, 1.82) is 0 Å². The summed E-state index contributed by atoms with van der Waals surface area (Å²) in [5.74, 6) is 2.14. The van der Waals surface area contributed by atoms with E-state index in [2.05, 4.69) is 51.0 Å². The predicted molar refractivity (Wildman–Crippen MR) is 72.7 cm³/mol. The van der Waals surface area contributed by atoms with Gasteiger partial charge in [0.05, 0.1) is 0 Å². The Labute approximate surface area is 110 Å². The maximum absolute atomic E-state index is 4.64. The largest absolute Gasteiger partial charge is 0.343 e. The summed E-state index contributed by atoms with van der Waals surface area (Å²) in [4.78, 5) is 7.04. The average Bonchev–Trinajstić information content (AvgIpc) is 2.83. The minimum atomic E-state index is 0.424. The van der Waals surface area contributed by atoms with Crippen LogP contribution in [0, 0.1) is 5.92 Å². The minimum absolute atomic E-state index is 0.424. The number of rotatable bonds is 3. The van der Waals surface area contributed by atoms with Crippen LogP contribution < -0.4 is 4.90 Å². The maximum Gasteiger partial charge on any atom is 0.205 e. The molecule has 90 valence electrons. The van der Waals surface area contributed by atoms with Gasteiger partial charge < -0.3 is 4.90 Å². The normalized spacial score (nSPS) is 25.7. The van der Waals surface area contributed by atoms with Gasteiger partial charge in [0, 0.05) is 35.4 Å². The molecule has 1 saturated heterocycles. The number of aromatic nitrogens is 2. The lowest BCUT2D eigenvalue weighted by Crippen LogP contribution is -2.33. The minimum Gasteiger partial charge on any atom is -0.343 e. The van der Waals surface area contributed by atoms with Crippen LogP contribution in [0.1, 0.15) is 38.9 Å². The molecule has 1 aromatic rings. The van der Waals surface area contributed by atoms with Crippen LogP contribution in [0.15, 0.2) is 0 Å². The summed E-state index contributed by atoms with van der Waals surface area (Å²) in [5, 5.41) is 2.11. The fourth-order valence-electron chi connectivity index (χ4n) is 2.06. The van der Waals surface area contributed by atoms with Crippen LogP contribution in [0.2, 0.25) is 0 Å². The molecule has 1 aromatic heterocycles. The van der Waals surface area contributed by atoms with Gasteiger partial charge in [-0.15, -0.1) is 0 Å². The Morgan fingerprint density at radius 1 is 1.56 bits per heavy atom. The molecule has 0 bridgehead atoms. The van der Waals surface area contributed by atoms with Crippen molar-refractivity contribution in [3.8, 4) is 0 Å². The monoisotopic (exact) mass is 303 g/mol. The molecule has 2 heterocycles. The molecule has 0 aliphatic carbocycles. The topological polar surface area (TPSA) is 29.0 Å². The van der Waals surface area contributed by atoms with E-state index in [1.807, 2.05) is 0 Å². The van der Waals surface area contributed by atoms with E-state index in [4.69, 9.17) is 0 Å². The van der Waals surface area contributed by atoms with Crippen LogP contribution in [0.5, 0.6) is 0 Å². The second-order valence-electron chi connectivity index (χ2n) is 4.77. The van der Waals surface area contributed by atoms with Crippen molar-refractivity contribution in [1.82, 2.24) is 9.36 Å². The van der Waals surface area contributed by atoms with E-state index in [-0.39, 0.29) is 0 Å². The van der Waals surface area contributed by atoms with Crippen molar-refractivity contribution in [3.63, 3.8) is 0 Å². The fraction of sp³-hybridized carbons (Fsp3) is 0.818. The fourth-order valence-corrected chi connectivity index (χ4v) is 3.94. The average molecular weight is 304 g/mol. The van der Waals surface area contributed by atoms with Gasteiger partial charge in [-0.05, 0) is 12.3 Å². The molecular formula is C11H18BrN3S. The SMILES string of the molecule is CC(C)c1nsc(N2CCC(C)C2CBr)n1. The molecule has 1 aliphatic heterocycles. The van der Waals surface area contributed by atoms with Crippen LogP contribution in [0.3, 0.4) is 0 Å². The molecule has 0 amide bonds. The van der Waals surface area contributed by atoms with Gasteiger partial charge in [-0.2, -0.15) is 4.37 Å². The number of hydrogen-bond donors (Lipinski definition) is 0. The van der Waals surface area contributed by atoms with Gasteiger partial charge in [-0.25, -0.2) is 4.98 Å². The molecule has 5 heteroatoms. The Kier molecular flexibility index (Phi) is 3.85. The van der Waals surface area contributed by atoms with Crippen molar-refractivity contribution in [3.05, 3.63) is 5.82 Å². The quantitative estimate of drug-likeness (QED) is 0.803. The number of nitrogens with zero attached hydrogens (tertiary/aromatic N) is 3. The summed E-state index contributed by atoms with van der Waals surface area (Å²) in [6, 6.07) is 0.577. The number of anilines is 1. The molecule has 1 aliphatic rings. The van der Waals surface area contributed by atoms with Crippen molar-refractivity contribution < 1.29 is 0 Å². The zero-order chi connectivity index (χ0) is 11.7. The van der Waals surface area contributed by atoms with Crippen molar-refractivity contribution in [2.75, 3.05) is 16.8 Å². The van der Waals surface area contributed by atoms with Gasteiger partial charge in [0.1, 0.15) is 5.82 Å². The Bertz CT molecular complexity index is 353. The summed E-state index contributed by atoms with van der Waals surface area (Å²) in [6.45, 7) is 7.71. The van der Waals surface area contributed by atoms with E-state index < -0.39 is 0 Å². The number of hydrogen-bond acceptors (Lipinski definition) is 4. The maximum atomic E-state index is 4.64. The van der Waals surface area contributed by atoms with E-state index in [0.29, 0.717) is 12.0 Å². The first-order chi connectivity index (χ1) is 7.63. The first-order valence-electron chi connectivity index (χ1n) is 5.79. The Morgan fingerprint density at radius 2 is 2.31 bits per heavy atom. The molecule has 2 rings (SSSR count). The molecule has 1 fully saturated rings. The van der Waals surface area contributed by atoms with Gasteiger partial charge in [0.2, 0.25) is 5.13 Å². The summed E-state index contributed by atoms with van der Waals surface area (Å²) < 4.78 is 4.43. The van der Waals surface area contributed by atoms with Gasteiger partial charge in [-0.3, -0.25) is 0 Å². The van der Waals surface area contributed by atoms with Crippen LogP contribution in [-0.2, 0) is 0 Å².